The first kappa shape index (κ1) is 17.2. The Bertz CT molecular complexity index is 774. The first-order valence-corrected chi connectivity index (χ1v) is 8.16. The van der Waals surface area contributed by atoms with Gasteiger partial charge in [-0.3, -0.25) is 9.69 Å². The van der Waals surface area contributed by atoms with Crippen LogP contribution in [0.4, 0.5) is 0 Å². The number of hydrogen-bond acceptors (Lipinski definition) is 6. The zero-order valence-electron chi connectivity index (χ0n) is 14.9. The van der Waals surface area contributed by atoms with E-state index in [1.165, 1.54) is 0 Å². The molecule has 2 aromatic rings. The number of aromatic nitrogens is 3. The highest BCUT2D eigenvalue weighted by Gasteiger charge is 2.18. The summed E-state index contributed by atoms with van der Waals surface area (Å²) in [5, 5.41) is 11.2. The Kier molecular flexibility index (Phi) is 4.89. The van der Waals surface area contributed by atoms with Gasteiger partial charge in [-0.2, -0.15) is 0 Å². The molecule has 0 aliphatic carbocycles. The van der Waals surface area contributed by atoms with E-state index in [9.17, 15) is 4.79 Å². The van der Waals surface area contributed by atoms with Gasteiger partial charge < -0.3 is 19.4 Å². The number of carbonyl (C=O) groups excluding carboxylic acids is 1. The first-order chi connectivity index (χ1) is 11.9. The van der Waals surface area contributed by atoms with Gasteiger partial charge in [0, 0.05) is 7.05 Å². The largest absolute Gasteiger partial charge is 0.454 e. The molecule has 1 aromatic carbocycles. The van der Waals surface area contributed by atoms with Crippen molar-refractivity contribution in [1.29, 1.82) is 0 Å². The molecule has 1 aromatic heterocycles. The number of aryl methyl sites for hydroxylation is 1. The minimum Gasteiger partial charge on any atom is -0.454 e. The molecule has 25 heavy (non-hydrogen) atoms. The normalized spacial score (nSPS) is 14.0. The molecule has 0 unspecified atom stereocenters. The molecule has 1 amide bonds. The van der Waals surface area contributed by atoms with Gasteiger partial charge in [0.2, 0.25) is 12.7 Å². The summed E-state index contributed by atoms with van der Waals surface area (Å²) in [5.74, 6) is 3.09. The standard InChI is InChI=1S/C17H23N5O3/c1-11(13-5-6-14-15(7-13)25-10-24-14)18-17(23)9-21(3)8-16-20-19-12(2)22(16)4/h5-7,11H,8-10H2,1-4H3,(H,18,23)/t11-/m1/s1. The fourth-order valence-corrected chi connectivity index (χ4v) is 2.68. The van der Waals surface area contributed by atoms with Gasteiger partial charge in [-0.1, -0.05) is 6.07 Å². The van der Waals surface area contributed by atoms with E-state index in [0.29, 0.717) is 12.3 Å². The van der Waals surface area contributed by atoms with E-state index < -0.39 is 0 Å². The van der Waals surface area contributed by atoms with Crippen molar-refractivity contribution in [2.45, 2.75) is 26.4 Å². The molecule has 0 radical (unpaired) electrons. The van der Waals surface area contributed by atoms with Crippen molar-refractivity contribution in [3.63, 3.8) is 0 Å². The lowest BCUT2D eigenvalue weighted by Gasteiger charge is -2.19. The summed E-state index contributed by atoms with van der Waals surface area (Å²) >= 11 is 0. The molecular weight excluding hydrogens is 322 g/mol. The predicted octanol–water partition coefficient (Wildman–Crippen LogP) is 1.16. The van der Waals surface area contributed by atoms with E-state index in [-0.39, 0.29) is 25.3 Å². The van der Waals surface area contributed by atoms with Crippen LogP contribution in [0.1, 0.15) is 30.2 Å². The van der Waals surface area contributed by atoms with Gasteiger partial charge in [-0.25, -0.2) is 0 Å². The maximum absolute atomic E-state index is 12.3. The average Bonchev–Trinajstić information content (AvgIpc) is 3.15. The van der Waals surface area contributed by atoms with Crippen LogP contribution < -0.4 is 14.8 Å². The van der Waals surface area contributed by atoms with Crippen LogP contribution in [0.3, 0.4) is 0 Å². The minimum atomic E-state index is -0.118. The summed E-state index contributed by atoms with van der Waals surface area (Å²) in [6.07, 6.45) is 0. The van der Waals surface area contributed by atoms with Gasteiger partial charge in [0.15, 0.2) is 11.5 Å². The predicted molar refractivity (Wildman–Crippen MR) is 91.2 cm³/mol. The van der Waals surface area contributed by atoms with E-state index in [1.807, 2.05) is 55.6 Å². The Hall–Kier alpha value is -2.61. The number of nitrogens with zero attached hydrogens (tertiary/aromatic N) is 4. The molecule has 1 atom stereocenters. The summed E-state index contributed by atoms with van der Waals surface area (Å²) in [7, 11) is 3.80. The lowest BCUT2D eigenvalue weighted by molar-refractivity contribution is -0.122. The topological polar surface area (TPSA) is 81.5 Å². The Morgan fingerprint density at radius 3 is 2.84 bits per heavy atom. The van der Waals surface area contributed by atoms with Crippen LogP contribution in [0.5, 0.6) is 11.5 Å². The second-order valence-electron chi connectivity index (χ2n) is 6.30. The third-order valence-corrected chi connectivity index (χ3v) is 4.28. The number of benzene rings is 1. The second kappa shape index (κ2) is 7.10. The molecule has 0 saturated carbocycles. The van der Waals surface area contributed by atoms with Gasteiger partial charge in [-0.05, 0) is 38.6 Å². The molecular formula is C17H23N5O3. The van der Waals surface area contributed by atoms with Gasteiger partial charge >= 0.3 is 0 Å². The van der Waals surface area contributed by atoms with Crippen LogP contribution >= 0.6 is 0 Å². The van der Waals surface area contributed by atoms with Gasteiger partial charge in [0.25, 0.3) is 0 Å². The highest BCUT2D eigenvalue weighted by Crippen LogP contribution is 2.34. The molecule has 8 nitrogen and oxygen atoms in total. The monoisotopic (exact) mass is 345 g/mol. The summed E-state index contributed by atoms with van der Waals surface area (Å²) in [6, 6.07) is 5.58. The smallest absolute Gasteiger partial charge is 0.234 e. The molecule has 0 saturated heterocycles. The number of ether oxygens (including phenoxy) is 2. The van der Waals surface area contributed by atoms with Crippen LogP contribution in [0, 0.1) is 6.92 Å². The summed E-state index contributed by atoms with van der Waals surface area (Å²) in [5.41, 5.74) is 0.976. The number of fused-ring (bicyclic) bond motifs is 1. The average molecular weight is 345 g/mol. The highest BCUT2D eigenvalue weighted by molar-refractivity contribution is 5.78. The maximum atomic E-state index is 12.3. The molecule has 0 fully saturated rings. The molecule has 0 bridgehead atoms. The SMILES string of the molecule is Cc1nnc(CN(C)CC(=O)N[C@H](C)c2ccc3c(c2)OCO3)n1C. The van der Waals surface area contributed by atoms with Crippen LogP contribution in [-0.2, 0) is 18.4 Å². The van der Waals surface area contributed by atoms with Crippen molar-refractivity contribution in [2.24, 2.45) is 7.05 Å². The van der Waals surface area contributed by atoms with Gasteiger partial charge in [0.05, 0.1) is 19.1 Å². The van der Waals surface area contributed by atoms with E-state index in [0.717, 1.165) is 23.0 Å². The van der Waals surface area contributed by atoms with Crippen molar-refractivity contribution in [3.05, 3.63) is 35.4 Å². The number of likely N-dealkylation sites (N-methyl/N-ethyl adjacent to an activating group) is 1. The Labute approximate surface area is 146 Å². The number of rotatable bonds is 6. The van der Waals surface area contributed by atoms with Gasteiger partial charge in [-0.15, -0.1) is 10.2 Å². The van der Waals surface area contributed by atoms with Crippen molar-refractivity contribution in [2.75, 3.05) is 20.4 Å². The van der Waals surface area contributed by atoms with Crippen LogP contribution in [0.2, 0.25) is 0 Å². The van der Waals surface area contributed by atoms with Crippen molar-refractivity contribution in [1.82, 2.24) is 25.0 Å². The fourth-order valence-electron chi connectivity index (χ4n) is 2.68. The number of nitrogens with one attached hydrogen (secondary N) is 1. The van der Waals surface area contributed by atoms with Crippen LogP contribution in [0.25, 0.3) is 0 Å². The first-order valence-electron chi connectivity index (χ1n) is 8.16. The Morgan fingerprint density at radius 2 is 2.12 bits per heavy atom. The molecule has 8 heteroatoms. The summed E-state index contributed by atoms with van der Waals surface area (Å²) in [4.78, 5) is 14.2. The number of carbonyl (C=O) groups is 1. The third-order valence-electron chi connectivity index (χ3n) is 4.28. The van der Waals surface area contributed by atoms with E-state index in [1.54, 1.807) is 0 Å². The molecule has 0 spiro atoms. The van der Waals surface area contributed by atoms with Crippen molar-refractivity contribution >= 4 is 5.91 Å². The van der Waals surface area contributed by atoms with Crippen LogP contribution in [-0.4, -0.2) is 46.0 Å². The Morgan fingerprint density at radius 1 is 1.36 bits per heavy atom. The van der Waals surface area contributed by atoms with Crippen LogP contribution in [0.15, 0.2) is 18.2 Å². The Balaban J connectivity index is 1.54. The third kappa shape index (κ3) is 3.90. The van der Waals surface area contributed by atoms with E-state index >= 15 is 0 Å². The quantitative estimate of drug-likeness (QED) is 0.846. The van der Waals surface area contributed by atoms with Crippen molar-refractivity contribution in [3.8, 4) is 11.5 Å². The lowest BCUT2D eigenvalue weighted by Crippen LogP contribution is -2.36. The zero-order valence-corrected chi connectivity index (χ0v) is 14.9. The zero-order chi connectivity index (χ0) is 18.0. The van der Waals surface area contributed by atoms with Crippen molar-refractivity contribution < 1.29 is 14.3 Å². The molecule has 3 rings (SSSR count). The summed E-state index contributed by atoms with van der Waals surface area (Å²) in [6.45, 7) is 4.92. The highest BCUT2D eigenvalue weighted by atomic mass is 16.7. The van der Waals surface area contributed by atoms with Gasteiger partial charge in [0.1, 0.15) is 11.6 Å². The second-order valence-corrected chi connectivity index (χ2v) is 6.30. The number of hydrogen-bond donors (Lipinski definition) is 1. The number of amides is 1. The van der Waals surface area contributed by atoms with E-state index in [2.05, 4.69) is 15.5 Å². The molecule has 1 aliphatic rings. The maximum Gasteiger partial charge on any atom is 0.234 e. The molecule has 2 heterocycles. The fraction of sp³-hybridized carbons (Fsp3) is 0.471. The summed E-state index contributed by atoms with van der Waals surface area (Å²) < 4.78 is 12.6. The lowest BCUT2D eigenvalue weighted by atomic mass is 10.1. The molecule has 1 N–H and O–H groups in total. The molecule has 134 valence electrons. The minimum absolute atomic E-state index is 0.0495. The molecule has 1 aliphatic heterocycles. The van der Waals surface area contributed by atoms with E-state index in [4.69, 9.17) is 9.47 Å².